The minimum absolute atomic E-state index is 0.0425. The highest BCUT2D eigenvalue weighted by Gasteiger charge is 2.62. The molecule has 2 atom stereocenters. The summed E-state index contributed by atoms with van der Waals surface area (Å²) in [5.74, 6) is 0.00113. The summed E-state index contributed by atoms with van der Waals surface area (Å²) >= 11 is 6.17. The summed E-state index contributed by atoms with van der Waals surface area (Å²) in [6.45, 7) is 7.23. The van der Waals surface area contributed by atoms with E-state index in [9.17, 15) is 4.79 Å². The predicted molar refractivity (Wildman–Crippen MR) is 117 cm³/mol. The zero-order valence-electron chi connectivity index (χ0n) is 17.5. The monoisotopic (exact) mass is 420 g/mol. The minimum atomic E-state index is -0.419. The van der Waals surface area contributed by atoms with E-state index in [1.807, 2.05) is 18.2 Å². The Morgan fingerprint density at radius 3 is 2.57 bits per heavy atom. The van der Waals surface area contributed by atoms with Crippen molar-refractivity contribution in [2.24, 2.45) is 5.41 Å². The van der Waals surface area contributed by atoms with Crippen molar-refractivity contribution in [1.82, 2.24) is 9.78 Å². The highest BCUT2D eigenvalue weighted by molar-refractivity contribution is 6.33. The normalized spacial score (nSPS) is 23.4. The molecule has 0 amide bonds. The Balaban J connectivity index is 1.55. The molecule has 0 unspecified atom stereocenters. The fourth-order valence-electron chi connectivity index (χ4n) is 5.50. The van der Waals surface area contributed by atoms with Gasteiger partial charge in [-0.15, -0.1) is 0 Å². The number of ether oxygens (including phenoxy) is 1. The van der Waals surface area contributed by atoms with Crippen molar-refractivity contribution in [3.63, 3.8) is 0 Å². The average Bonchev–Trinajstić information content (AvgIpc) is 3.29. The molecule has 2 aliphatic carbocycles. The van der Waals surface area contributed by atoms with Crippen LogP contribution in [-0.2, 0) is 16.8 Å². The van der Waals surface area contributed by atoms with Gasteiger partial charge in [0.15, 0.2) is 0 Å². The van der Waals surface area contributed by atoms with Crippen molar-refractivity contribution >= 4 is 17.6 Å². The van der Waals surface area contributed by atoms with E-state index in [1.165, 1.54) is 11.3 Å². The van der Waals surface area contributed by atoms with Gasteiger partial charge < -0.3 is 4.74 Å². The summed E-state index contributed by atoms with van der Waals surface area (Å²) in [6, 6.07) is 17.2. The van der Waals surface area contributed by atoms with Gasteiger partial charge in [-0.25, -0.2) is 9.48 Å². The Hall–Kier alpha value is -2.59. The van der Waals surface area contributed by atoms with Crippen molar-refractivity contribution < 1.29 is 9.53 Å². The first-order valence-corrected chi connectivity index (χ1v) is 10.8. The molecule has 0 radical (unpaired) electrons. The summed E-state index contributed by atoms with van der Waals surface area (Å²) in [5, 5.41) is 5.35. The number of aromatic nitrogens is 2. The second kappa shape index (κ2) is 6.71. The third-order valence-electron chi connectivity index (χ3n) is 7.53. The lowest BCUT2D eigenvalue weighted by atomic mass is 9.70. The molecular weight excluding hydrogens is 396 g/mol. The SMILES string of the molecule is CC1(C)[C@H]2CC[C@]1(C)c1c2c(COC(=O)c2ccccc2Cl)nn1-c1ccccc1. The third kappa shape index (κ3) is 2.59. The largest absolute Gasteiger partial charge is 0.455 e. The van der Waals surface area contributed by atoms with E-state index in [0.717, 1.165) is 24.2 Å². The molecule has 0 spiro atoms. The number of hydrogen-bond acceptors (Lipinski definition) is 3. The van der Waals surface area contributed by atoms with E-state index in [1.54, 1.807) is 24.3 Å². The van der Waals surface area contributed by atoms with Crippen molar-refractivity contribution in [3.05, 3.63) is 82.1 Å². The van der Waals surface area contributed by atoms with Gasteiger partial charge in [-0.1, -0.05) is 62.7 Å². The molecule has 1 fully saturated rings. The fraction of sp³-hybridized carbons (Fsp3) is 0.360. The number of hydrogen-bond donors (Lipinski definition) is 0. The second-order valence-electron chi connectivity index (χ2n) is 9.16. The highest BCUT2D eigenvalue weighted by Crippen LogP contribution is 2.68. The third-order valence-corrected chi connectivity index (χ3v) is 7.86. The van der Waals surface area contributed by atoms with Crippen molar-refractivity contribution in [1.29, 1.82) is 0 Å². The van der Waals surface area contributed by atoms with E-state index >= 15 is 0 Å². The second-order valence-corrected chi connectivity index (χ2v) is 9.56. The van der Waals surface area contributed by atoms with Crippen LogP contribution in [0.5, 0.6) is 0 Å². The van der Waals surface area contributed by atoms with E-state index in [-0.39, 0.29) is 17.4 Å². The van der Waals surface area contributed by atoms with Crippen molar-refractivity contribution in [3.8, 4) is 5.69 Å². The van der Waals surface area contributed by atoms with Gasteiger partial charge in [0.05, 0.1) is 22.0 Å². The molecule has 1 heterocycles. The van der Waals surface area contributed by atoms with Gasteiger partial charge in [0.1, 0.15) is 12.3 Å². The van der Waals surface area contributed by atoms with Gasteiger partial charge in [0.2, 0.25) is 0 Å². The standard InChI is InChI=1S/C25H25ClN2O2/c1-24(2)18-13-14-25(24,3)22-21(18)20(27-28(22)16-9-5-4-6-10-16)15-30-23(29)17-11-7-8-12-19(17)26/h4-12,18H,13-15H2,1-3H3/t18-,25+/m0/s1. The van der Waals surface area contributed by atoms with Crippen LogP contribution in [0.2, 0.25) is 5.02 Å². The van der Waals surface area contributed by atoms with Crippen LogP contribution >= 0.6 is 11.6 Å². The van der Waals surface area contributed by atoms with Crippen LogP contribution < -0.4 is 0 Å². The molecule has 5 rings (SSSR count). The quantitative estimate of drug-likeness (QED) is 0.482. The number of esters is 1. The summed E-state index contributed by atoms with van der Waals surface area (Å²) in [5.41, 5.74) is 5.01. The fourth-order valence-corrected chi connectivity index (χ4v) is 5.72. The first kappa shape index (κ1) is 19.4. The number of rotatable bonds is 4. The first-order valence-electron chi connectivity index (χ1n) is 10.4. The van der Waals surface area contributed by atoms with E-state index < -0.39 is 5.97 Å². The van der Waals surface area contributed by atoms with Gasteiger partial charge in [0, 0.05) is 11.0 Å². The van der Waals surface area contributed by atoms with Crippen LogP contribution in [0.1, 0.15) is 66.8 Å². The Morgan fingerprint density at radius 2 is 1.83 bits per heavy atom. The zero-order valence-corrected chi connectivity index (χ0v) is 18.2. The molecule has 3 aromatic rings. The van der Waals surface area contributed by atoms with Crippen molar-refractivity contribution in [2.45, 2.75) is 51.6 Å². The molecule has 30 heavy (non-hydrogen) atoms. The first-order chi connectivity index (χ1) is 14.3. The molecule has 154 valence electrons. The summed E-state index contributed by atoms with van der Waals surface area (Å²) in [7, 11) is 0. The van der Waals surface area contributed by atoms with Crippen molar-refractivity contribution in [2.75, 3.05) is 0 Å². The van der Waals surface area contributed by atoms with Crippen LogP contribution in [0.25, 0.3) is 5.69 Å². The number of para-hydroxylation sites is 1. The van der Waals surface area contributed by atoms with Gasteiger partial charge in [0.25, 0.3) is 0 Å². The molecular formula is C25H25ClN2O2. The Bertz CT molecular complexity index is 1140. The molecule has 5 heteroatoms. The van der Waals surface area contributed by atoms with Crippen LogP contribution in [0.15, 0.2) is 54.6 Å². The molecule has 2 aromatic carbocycles. The maximum Gasteiger partial charge on any atom is 0.340 e. The number of fused-ring (bicyclic) bond motifs is 5. The number of benzene rings is 2. The highest BCUT2D eigenvalue weighted by atomic mass is 35.5. The van der Waals surface area contributed by atoms with Gasteiger partial charge in [-0.3, -0.25) is 0 Å². The van der Waals surface area contributed by atoms with Gasteiger partial charge >= 0.3 is 5.97 Å². The summed E-state index contributed by atoms with van der Waals surface area (Å²) < 4.78 is 7.76. The number of carbonyl (C=O) groups excluding carboxylic acids is 1. The molecule has 0 N–H and O–H groups in total. The lowest BCUT2D eigenvalue weighted by molar-refractivity contribution is 0.0465. The van der Waals surface area contributed by atoms with Crippen LogP contribution in [0.4, 0.5) is 0 Å². The van der Waals surface area contributed by atoms with Crippen LogP contribution in [0.3, 0.4) is 0 Å². The summed E-state index contributed by atoms with van der Waals surface area (Å²) in [4.78, 5) is 12.6. The van der Waals surface area contributed by atoms with Crippen LogP contribution in [-0.4, -0.2) is 15.7 Å². The van der Waals surface area contributed by atoms with Gasteiger partial charge in [-0.05, 0) is 48.4 Å². The summed E-state index contributed by atoms with van der Waals surface area (Å²) in [6.07, 6.45) is 2.29. The average molecular weight is 421 g/mol. The molecule has 4 nitrogen and oxygen atoms in total. The maximum atomic E-state index is 12.6. The Kier molecular flexibility index (Phi) is 4.33. The lowest BCUT2D eigenvalue weighted by Crippen LogP contribution is -2.33. The number of nitrogens with zero attached hydrogens (tertiary/aromatic N) is 2. The van der Waals surface area contributed by atoms with Crippen LogP contribution in [0, 0.1) is 5.41 Å². The molecule has 2 aliphatic rings. The Labute approximate surface area is 181 Å². The molecule has 1 aromatic heterocycles. The molecule has 1 saturated carbocycles. The molecule has 0 aliphatic heterocycles. The molecule has 2 bridgehead atoms. The molecule has 0 saturated heterocycles. The van der Waals surface area contributed by atoms with E-state index in [2.05, 4.69) is 37.6 Å². The maximum absolute atomic E-state index is 12.6. The van der Waals surface area contributed by atoms with E-state index in [4.69, 9.17) is 21.4 Å². The van der Waals surface area contributed by atoms with E-state index in [0.29, 0.717) is 16.5 Å². The minimum Gasteiger partial charge on any atom is -0.455 e. The lowest BCUT2D eigenvalue weighted by Gasteiger charge is -2.35. The number of halogens is 1. The van der Waals surface area contributed by atoms with Gasteiger partial charge in [-0.2, -0.15) is 5.10 Å². The zero-order chi connectivity index (χ0) is 21.1. The predicted octanol–water partition coefficient (Wildman–Crippen LogP) is 6.06. The number of carbonyl (C=O) groups is 1. The topological polar surface area (TPSA) is 44.1 Å². The Morgan fingerprint density at radius 1 is 1.13 bits per heavy atom. The smallest absolute Gasteiger partial charge is 0.340 e.